The van der Waals surface area contributed by atoms with Crippen molar-refractivity contribution in [1.29, 1.82) is 0 Å². The fourth-order valence-electron chi connectivity index (χ4n) is 3.82. The summed E-state index contributed by atoms with van der Waals surface area (Å²) in [7, 11) is 3.41. The highest BCUT2D eigenvalue weighted by Gasteiger charge is 2.14. The third-order valence-corrected chi connectivity index (χ3v) is 5.34. The minimum atomic E-state index is 0.762. The summed E-state index contributed by atoms with van der Waals surface area (Å²) in [6, 6.07) is 35.7. The van der Waals surface area contributed by atoms with Crippen molar-refractivity contribution in [3.63, 3.8) is 0 Å². The summed E-state index contributed by atoms with van der Waals surface area (Å²) in [6.07, 6.45) is 0. The van der Waals surface area contributed by atoms with Gasteiger partial charge in [0.15, 0.2) is 0 Å². The zero-order chi connectivity index (χ0) is 21.5. The number of ether oxygens (including phenoxy) is 2. The molecule has 0 spiro atoms. The topological polar surface area (TPSA) is 21.7 Å². The van der Waals surface area contributed by atoms with E-state index >= 15 is 0 Å². The van der Waals surface area contributed by atoms with Crippen LogP contribution >= 0.6 is 0 Å². The highest BCUT2D eigenvalue weighted by atomic mass is 16.5. The van der Waals surface area contributed by atoms with Crippen LogP contribution in [-0.2, 0) is 13.1 Å². The van der Waals surface area contributed by atoms with Gasteiger partial charge in [0.25, 0.3) is 0 Å². The van der Waals surface area contributed by atoms with Crippen LogP contribution in [0.4, 0.5) is 5.69 Å². The highest BCUT2D eigenvalue weighted by Crippen LogP contribution is 2.33. The van der Waals surface area contributed by atoms with Gasteiger partial charge in [-0.25, -0.2) is 0 Å². The maximum Gasteiger partial charge on any atom is 0.119 e. The van der Waals surface area contributed by atoms with Crippen LogP contribution in [-0.4, -0.2) is 14.2 Å². The molecule has 0 fully saturated rings. The number of methoxy groups -OCH3 is 2. The van der Waals surface area contributed by atoms with Gasteiger partial charge in [0.2, 0.25) is 0 Å². The lowest BCUT2D eigenvalue weighted by Gasteiger charge is -2.28. The normalized spacial score (nSPS) is 10.5. The Labute approximate surface area is 184 Å². The summed E-state index contributed by atoms with van der Waals surface area (Å²) in [5.41, 5.74) is 6.02. The second kappa shape index (κ2) is 9.86. The van der Waals surface area contributed by atoms with Gasteiger partial charge in [-0.1, -0.05) is 72.8 Å². The smallest absolute Gasteiger partial charge is 0.119 e. The third kappa shape index (κ3) is 5.07. The van der Waals surface area contributed by atoms with Crippen molar-refractivity contribution >= 4 is 5.69 Å². The Morgan fingerprint density at radius 1 is 0.581 bits per heavy atom. The van der Waals surface area contributed by atoms with Gasteiger partial charge in [0.05, 0.1) is 14.2 Å². The molecule has 0 radical (unpaired) electrons. The molecule has 0 bridgehead atoms. The Kier molecular flexibility index (Phi) is 6.53. The van der Waals surface area contributed by atoms with Crippen LogP contribution in [0.5, 0.6) is 11.5 Å². The standard InChI is InChI=1S/C28H27NO2/c1-30-25-14-8-10-22(18-25)20-29(21-23-11-9-15-26(19-23)31-2)28-17-7-6-16-27(28)24-12-4-3-5-13-24/h3-19H,20-21H2,1-2H3. The monoisotopic (exact) mass is 409 g/mol. The van der Waals surface area contributed by atoms with Crippen LogP contribution in [0, 0.1) is 0 Å². The van der Waals surface area contributed by atoms with E-state index in [1.807, 2.05) is 24.3 Å². The van der Waals surface area contributed by atoms with Crippen molar-refractivity contribution in [2.75, 3.05) is 19.1 Å². The lowest BCUT2D eigenvalue weighted by Crippen LogP contribution is -2.22. The summed E-state index contributed by atoms with van der Waals surface area (Å²) in [6.45, 7) is 1.52. The Morgan fingerprint density at radius 3 is 1.71 bits per heavy atom. The van der Waals surface area contributed by atoms with Gasteiger partial charge in [-0.2, -0.15) is 0 Å². The zero-order valence-electron chi connectivity index (χ0n) is 18.0. The van der Waals surface area contributed by atoms with Crippen LogP contribution in [0.1, 0.15) is 11.1 Å². The lowest BCUT2D eigenvalue weighted by atomic mass is 10.0. The number of para-hydroxylation sites is 1. The molecular weight excluding hydrogens is 382 g/mol. The molecular formula is C28H27NO2. The molecule has 0 N–H and O–H groups in total. The van der Waals surface area contributed by atoms with Gasteiger partial charge in [0.1, 0.15) is 11.5 Å². The summed E-state index contributed by atoms with van der Waals surface area (Å²) in [4.78, 5) is 2.41. The molecule has 0 aliphatic carbocycles. The van der Waals surface area contributed by atoms with Gasteiger partial charge < -0.3 is 14.4 Å². The van der Waals surface area contributed by atoms with E-state index in [2.05, 4.69) is 83.8 Å². The minimum absolute atomic E-state index is 0.762. The number of nitrogens with zero attached hydrogens (tertiary/aromatic N) is 1. The van der Waals surface area contributed by atoms with Gasteiger partial charge in [-0.05, 0) is 47.0 Å². The quantitative estimate of drug-likeness (QED) is 0.328. The van der Waals surface area contributed by atoms with Crippen LogP contribution in [0.25, 0.3) is 11.1 Å². The predicted molar refractivity (Wildman–Crippen MR) is 128 cm³/mol. The van der Waals surface area contributed by atoms with Gasteiger partial charge in [-0.3, -0.25) is 0 Å². The van der Waals surface area contributed by atoms with Crippen LogP contribution < -0.4 is 14.4 Å². The molecule has 0 aliphatic rings. The van der Waals surface area contributed by atoms with E-state index in [1.54, 1.807) is 14.2 Å². The molecule has 0 amide bonds. The van der Waals surface area contributed by atoms with Crippen LogP contribution in [0.2, 0.25) is 0 Å². The predicted octanol–water partition coefficient (Wildman–Crippen LogP) is 6.58. The second-order valence-corrected chi connectivity index (χ2v) is 7.44. The largest absolute Gasteiger partial charge is 0.497 e. The van der Waals surface area contributed by atoms with Crippen molar-refractivity contribution < 1.29 is 9.47 Å². The molecule has 0 atom stereocenters. The molecule has 0 heterocycles. The van der Waals surface area contributed by atoms with Crippen molar-refractivity contribution in [2.45, 2.75) is 13.1 Å². The maximum absolute atomic E-state index is 5.45. The molecule has 4 aromatic carbocycles. The third-order valence-electron chi connectivity index (χ3n) is 5.34. The van der Waals surface area contributed by atoms with Gasteiger partial charge >= 0.3 is 0 Å². The SMILES string of the molecule is COc1cccc(CN(Cc2cccc(OC)c2)c2ccccc2-c2ccccc2)c1. The number of rotatable bonds is 8. The number of hydrogen-bond donors (Lipinski definition) is 0. The number of benzene rings is 4. The molecule has 3 heteroatoms. The molecule has 0 saturated carbocycles. The molecule has 0 saturated heterocycles. The Hall–Kier alpha value is -3.72. The molecule has 156 valence electrons. The first kappa shape index (κ1) is 20.5. The summed E-state index contributed by atoms with van der Waals surface area (Å²) >= 11 is 0. The molecule has 0 aliphatic heterocycles. The van der Waals surface area contributed by atoms with Crippen LogP contribution in [0.3, 0.4) is 0 Å². The average molecular weight is 410 g/mol. The van der Waals surface area contributed by atoms with E-state index in [4.69, 9.17) is 9.47 Å². The van der Waals surface area contributed by atoms with Crippen molar-refractivity contribution in [1.82, 2.24) is 0 Å². The summed E-state index contributed by atoms with van der Waals surface area (Å²) in [5.74, 6) is 1.74. The minimum Gasteiger partial charge on any atom is -0.497 e. The maximum atomic E-state index is 5.45. The van der Waals surface area contributed by atoms with E-state index in [0.717, 1.165) is 24.6 Å². The summed E-state index contributed by atoms with van der Waals surface area (Å²) < 4.78 is 10.9. The van der Waals surface area contributed by atoms with Crippen molar-refractivity contribution in [3.8, 4) is 22.6 Å². The highest BCUT2D eigenvalue weighted by molar-refractivity contribution is 5.78. The van der Waals surface area contributed by atoms with E-state index in [0.29, 0.717) is 0 Å². The fourth-order valence-corrected chi connectivity index (χ4v) is 3.82. The molecule has 3 nitrogen and oxygen atoms in total. The molecule has 31 heavy (non-hydrogen) atoms. The molecule has 4 aromatic rings. The lowest BCUT2D eigenvalue weighted by molar-refractivity contribution is 0.414. The van der Waals surface area contributed by atoms with Crippen molar-refractivity contribution in [2.24, 2.45) is 0 Å². The van der Waals surface area contributed by atoms with E-state index in [9.17, 15) is 0 Å². The fraction of sp³-hybridized carbons (Fsp3) is 0.143. The first-order valence-electron chi connectivity index (χ1n) is 10.4. The van der Waals surface area contributed by atoms with E-state index in [1.165, 1.54) is 27.9 Å². The second-order valence-electron chi connectivity index (χ2n) is 7.44. The van der Waals surface area contributed by atoms with Gasteiger partial charge in [0, 0.05) is 24.3 Å². The molecule has 0 aromatic heterocycles. The van der Waals surface area contributed by atoms with Crippen LogP contribution in [0.15, 0.2) is 103 Å². The Morgan fingerprint density at radius 2 is 1.13 bits per heavy atom. The summed E-state index contributed by atoms with van der Waals surface area (Å²) in [5, 5.41) is 0. The first-order chi connectivity index (χ1) is 15.3. The van der Waals surface area contributed by atoms with Crippen molar-refractivity contribution in [3.05, 3.63) is 114 Å². The van der Waals surface area contributed by atoms with E-state index < -0.39 is 0 Å². The molecule has 4 rings (SSSR count). The zero-order valence-corrected chi connectivity index (χ0v) is 18.0. The number of hydrogen-bond acceptors (Lipinski definition) is 3. The first-order valence-corrected chi connectivity index (χ1v) is 10.4. The Bertz CT molecular complexity index is 1070. The average Bonchev–Trinajstić information content (AvgIpc) is 2.84. The molecule has 0 unspecified atom stereocenters. The van der Waals surface area contributed by atoms with Gasteiger partial charge in [-0.15, -0.1) is 0 Å². The van der Waals surface area contributed by atoms with E-state index in [-0.39, 0.29) is 0 Å². The number of anilines is 1. The Balaban J connectivity index is 1.75.